The molecule has 1 saturated heterocycles. The first-order valence-electron chi connectivity index (χ1n) is 8.81. The summed E-state index contributed by atoms with van der Waals surface area (Å²) in [5.74, 6) is 0. The number of rotatable bonds is 4. The van der Waals surface area contributed by atoms with E-state index < -0.39 is 0 Å². The molecule has 2 saturated carbocycles. The van der Waals surface area contributed by atoms with Crippen molar-refractivity contribution in [1.82, 2.24) is 10.2 Å². The highest BCUT2D eigenvalue weighted by molar-refractivity contribution is 5.14. The Labute approximate surface area is 128 Å². The molecule has 0 aromatic rings. The molecule has 4 nitrogen and oxygen atoms in total. The van der Waals surface area contributed by atoms with Crippen LogP contribution in [-0.2, 0) is 4.74 Å². The number of fused-ring (bicyclic) bond motifs is 1. The van der Waals surface area contributed by atoms with Crippen molar-refractivity contribution < 1.29 is 4.74 Å². The van der Waals surface area contributed by atoms with Crippen LogP contribution in [0.2, 0.25) is 0 Å². The molecule has 1 aliphatic heterocycles. The number of hydrogen-bond donors (Lipinski definition) is 1. The lowest BCUT2D eigenvalue weighted by molar-refractivity contribution is -0.102. The topological polar surface area (TPSA) is 48.3 Å². The van der Waals surface area contributed by atoms with Gasteiger partial charge < -0.3 is 4.74 Å². The number of nitriles is 1. The second kappa shape index (κ2) is 6.64. The van der Waals surface area contributed by atoms with Crippen LogP contribution < -0.4 is 5.32 Å². The van der Waals surface area contributed by atoms with Gasteiger partial charge in [-0.15, -0.1) is 0 Å². The monoisotopic (exact) mass is 291 g/mol. The summed E-state index contributed by atoms with van der Waals surface area (Å²) in [6, 6.07) is 3.77. The van der Waals surface area contributed by atoms with E-state index in [1.54, 1.807) is 0 Å². The van der Waals surface area contributed by atoms with Crippen LogP contribution >= 0.6 is 0 Å². The zero-order chi connectivity index (χ0) is 14.7. The van der Waals surface area contributed by atoms with Gasteiger partial charge in [-0.1, -0.05) is 19.8 Å². The first kappa shape index (κ1) is 15.3. The molecule has 4 unspecified atom stereocenters. The van der Waals surface area contributed by atoms with Gasteiger partial charge in [0.1, 0.15) is 5.54 Å². The van der Waals surface area contributed by atoms with Gasteiger partial charge in [0, 0.05) is 18.6 Å². The van der Waals surface area contributed by atoms with Crippen LogP contribution in [0, 0.1) is 11.3 Å². The molecule has 2 aliphatic carbocycles. The van der Waals surface area contributed by atoms with E-state index >= 15 is 0 Å². The molecule has 0 amide bonds. The zero-order valence-corrected chi connectivity index (χ0v) is 13.3. The van der Waals surface area contributed by atoms with Crippen LogP contribution in [0.4, 0.5) is 0 Å². The average molecular weight is 291 g/mol. The SMILES string of the molecule is CCCNC1(C#N)CCC(N2CCOC3CCCCC32)C1. The molecule has 118 valence electrons. The maximum Gasteiger partial charge on any atom is 0.108 e. The second-order valence-corrected chi connectivity index (χ2v) is 7.02. The predicted molar refractivity (Wildman–Crippen MR) is 83.0 cm³/mol. The summed E-state index contributed by atoms with van der Waals surface area (Å²) in [5, 5.41) is 13.2. The van der Waals surface area contributed by atoms with Crippen molar-refractivity contribution in [1.29, 1.82) is 5.26 Å². The van der Waals surface area contributed by atoms with E-state index in [4.69, 9.17) is 4.74 Å². The minimum atomic E-state index is -0.275. The largest absolute Gasteiger partial charge is 0.375 e. The minimum Gasteiger partial charge on any atom is -0.375 e. The molecule has 0 aromatic heterocycles. The molecule has 4 heteroatoms. The quantitative estimate of drug-likeness (QED) is 0.864. The van der Waals surface area contributed by atoms with Crippen LogP contribution in [0.5, 0.6) is 0 Å². The lowest BCUT2D eigenvalue weighted by Crippen LogP contribution is -2.56. The number of morpholine rings is 1. The minimum absolute atomic E-state index is 0.275. The van der Waals surface area contributed by atoms with E-state index in [0.29, 0.717) is 18.2 Å². The molecule has 1 heterocycles. The third kappa shape index (κ3) is 3.11. The molecule has 3 rings (SSSR count). The molecule has 0 bridgehead atoms. The van der Waals surface area contributed by atoms with Gasteiger partial charge in [0.05, 0.1) is 18.8 Å². The Bertz CT molecular complexity index is 392. The van der Waals surface area contributed by atoms with Crippen molar-refractivity contribution >= 4 is 0 Å². The van der Waals surface area contributed by atoms with Gasteiger partial charge >= 0.3 is 0 Å². The van der Waals surface area contributed by atoms with Crippen LogP contribution in [0.15, 0.2) is 0 Å². The lowest BCUT2D eigenvalue weighted by atomic mass is 9.88. The Morgan fingerprint density at radius 3 is 3.00 bits per heavy atom. The van der Waals surface area contributed by atoms with Crippen LogP contribution in [0.1, 0.15) is 58.3 Å². The summed E-state index contributed by atoms with van der Waals surface area (Å²) in [4.78, 5) is 2.69. The Morgan fingerprint density at radius 2 is 2.19 bits per heavy atom. The van der Waals surface area contributed by atoms with E-state index in [1.807, 2.05) is 0 Å². The van der Waals surface area contributed by atoms with Crippen molar-refractivity contribution in [2.24, 2.45) is 0 Å². The number of hydrogen-bond acceptors (Lipinski definition) is 4. The van der Waals surface area contributed by atoms with Crippen molar-refractivity contribution in [3.8, 4) is 6.07 Å². The molecule has 3 aliphatic rings. The maximum atomic E-state index is 9.64. The first-order valence-corrected chi connectivity index (χ1v) is 8.81. The van der Waals surface area contributed by atoms with Crippen molar-refractivity contribution in [3.05, 3.63) is 0 Å². The first-order chi connectivity index (χ1) is 10.3. The number of nitrogens with zero attached hydrogens (tertiary/aromatic N) is 2. The van der Waals surface area contributed by atoms with E-state index in [9.17, 15) is 5.26 Å². The number of ether oxygens (including phenoxy) is 1. The molecule has 4 atom stereocenters. The standard InChI is InChI=1S/C17H29N3O/c1-2-9-19-17(13-18)8-7-14(12-17)20-10-11-21-16-6-4-3-5-15(16)20/h14-16,19H,2-12H2,1H3. The Kier molecular flexibility index (Phi) is 4.83. The molecule has 0 spiro atoms. The van der Waals surface area contributed by atoms with Gasteiger partial charge in [0.25, 0.3) is 0 Å². The van der Waals surface area contributed by atoms with E-state index in [1.165, 1.54) is 25.7 Å². The average Bonchev–Trinajstić information content (AvgIpc) is 2.97. The van der Waals surface area contributed by atoms with Crippen LogP contribution in [0.3, 0.4) is 0 Å². The van der Waals surface area contributed by atoms with Gasteiger partial charge in [-0.2, -0.15) is 5.26 Å². The van der Waals surface area contributed by atoms with Gasteiger partial charge in [-0.3, -0.25) is 10.2 Å². The normalized spacial score (nSPS) is 40.7. The fourth-order valence-electron chi connectivity index (χ4n) is 4.55. The van der Waals surface area contributed by atoms with E-state index in [0.717, 1.165) is 45.4 Å². The summed E-state index contributed by atoms with van der Waals surface area (Å²) >= 11 is 0. The van der Waals surface area contributed by atoms with Gasteiger partial charge in [0.2, 0.25) is 0 Å². The zero-order valence-electron chi connectivity index (χ0n) is 13.3. The van der Waals surface area contributed by atoms with Crippen LogP contribution in [-0.4, -0.2) is 48.3 Å². The Hall–Kier alpha value is -0.630. The molecule has 21 heavy (non-hydrogen) atoms. The van der Waals surface area contributed by atoms with Crippen LogP contribution in [0.25, 0.3) is 0 Å². The van der Waals surface area contributed by atoms with Gasteiger partial charge in [0.15, 0.2) is 0 Å². The summed E-state index contributed by atoms with van der Waals surface area (Å²) in [6.07, 6.45) is 9.87. The van der Waals surface area contributed by atoms with E-state index in [-0.39, 0.29) is 5.54 Å². The fourth-order valence-corrected chi connectivity index (χ4v) is 4.55. The summed E-state index contributed by atoms with van der Waals surface area (Å²) in [6.45, 7) is 5.05. The summed E-state index contributed by atoms with van der Waals surface area (Å²) < 4.78 is 5.99. The highest BCUT2D eigenvalue weighted by atomic mass is 16.5. The Morgan fingerprint density at radius 1 is 1.33 bits per heavy atom. The molecule has 3 fully saturated rings. The predicted octanol–water partition coefficient (Wildman–Crippen LogP) is 2.44. The molecule has 0 aromatic carbocycles. The third-order valence-electron chi connectivity index (χ3n) is 5.66. The van der Waals surface area contributed by atoms with Crippen molar-refractivity contribution in [2.75, 3.05) is 19.7 Å². The summed E-state index contributed by atoms with van der Waals surface area (Å²) in [7, 11) is 0. The second-order valence-electron chi connectivity index (χ2n) is 7.02. The number of nitrogens with one attached hydrogen (secondary N) is 1. The summed E-state index contributed by atoms with van der Waals surface area (Å²) in [5.41, 5.74) is -0.275. The van der Waals surface area contributed by atoms with E-state index in [2.05, 4.69) is 23.2 Å². The van der Waals surface area contributed by atoms with Crippen molar-refractivity contribution in [2.45, 2.75) is 82.0 Å². The highest BCUT2D eigenvalue weighted by Gasteiger charge is 2.45. The maximum absolute atomic E-state index is 9.64. The molecule has 1 N–H and O–H groups in total. The third-order valence-corrected chi connectivity index (χ3v) is 5.66. The Balaban J connectivity index is 1.65. The molecule has 0 radical (unpaired) electrons. The highest BCUT2D eigenvalue weighted by Crippen LogP contribution is 2.38. The van der Waals surface area contributed by atoms with Gasteiger partial charge in [-0.05, 0) is 45.1 Å². The molecular weight excluding hydrogens is 262 g/mol. The lowest BCUT2D eigenvalue weighted by Gasteiger charge is -2.46. The molecular formula is C17H29N3O. The van der Waals surface area contributed by atoms with Crippen molar-refractivity contribution in [3.63, 3.8) is 0 Å². The smallest absolute Gasteiger partial charge is 0.108 e. The fraction of sp³-hybridized carbons (Fsp3) is 0.941. The van der Waals surface area contributed by atoms with Gasteiger partial charge in [-0.25, -0.2) is 0 Å².